The van der Waals surface area contributed by atoms with Crippen LogP contribution in [0.4, 0.5) is 0 Å². The van der Waals surface area contributed by atoms with Gasteiger partial charge >= 0.3 is 68.9 Å². The second kappa shape index (κ2) is 10.1. The molecule has 0 aliphatic rings. The summed E-state index contributed by atoms with van der Waals surface area (Å²) in [6.07, 6.45) is 5.45. The Kier molecular flexibility index (Phi) is 15.2. The maximum absolute atomic E-state index is 2.24. The molecule has 0 aliphatic heterocycles. The molecule has 0 aromatic carbocycles. The maximum atomic E-state index is 2.24. The Labute approximate surface area is 119 Å². The summed E-state index contributed by atoms with van der Waals surface area (Å²) >= 11 is 0. The minimum absolute atomic E-state index is 0. The van der Waals surface area contributed by atoms with E-state index in [-0.39, 0.29) is 68.9 Å². The summed E-state index contributed by atoms with van der Waals surface area (Å²) in [5.74, 6) is 1.57. The monoisotopic (exact) mass is 246 g/mol. The zero-order valence-electron chi connectivity index (χ0n) is 7.33. The molecule has 0 nitrogen and oxygen atoms in total. The van der Waals surface area contributed by atoms with Crippen LogP contribution < -0.4 is 68.9 Å². The SMILES string of the molecule is CCCCC[C-](C)C.[Cs+]. The predicted octanol–water partition coefficient (Wildman–Crippen LogP) is 0.185. The van der Waals surface area contributed by atoms with Gasteiger partial charge in [0.15, 0.2) is 0 Å². The van der Waals surface area contributed by atoms with Crippen LogP contribution in [0.2, 0.25) is 0 Å². The molecule has 0 heterocycles. The van der Waals surface area contributed by atoms with Crippen molar-refractivity contribution >= 4 is 0 Å². The van der Waals surface area contributed by atoms with E-state index < -0.39 is 0 Å². The van der Waals surface area contributed by atoms with Crippen molar-refractivity contribution in [1.29, 1.82) is 0 Å². The van der Waals surface area contributed by atoms with E-state index in [1.165, 1.54) is 25.7 Å². The van der Waals surface area contributed by atoms with Crippen LogP contribution in [0, 0.1) is 5.92 Å². The normalized spacial score (nSPS) is 9.33. The van der Waals surface area contributed by atoms with Crippen LogP contribution in [0.5, 0.6) is 0 Å². The van der Waals surface area contributed by atoms with E-state index in [1.54, 1.807) is 5.92 Å². The molecule has 0 atom stereocenters. The average molecular weight is 246 g/mol. The fraction of sp³-hybridized carbons (Fsp3) is 0.875. The Hall–Kier alpha value is 2.05. The number of rotatable bonds is 4. The van der Waals surface area contributed by atoms with Gasteiger partial charge in [-0.05, 0) is 0 Å². The van der Waals surface area contributed by atoms with Gasteiger partial charge in [-0.1, -0.05) is 26.2 Å². The third kappa shape index (κ3) is 13.1. The molecule has 0 N–H and O–H groups in total. The van der Waals surface area contributed by atoms with Gasteiger partial charge in [0.2, 0.25) is 0 Å². The zero-order valence-corrected chi connectivity index (χ0v) is 13.6. The molecule has 0 saturated carbocycles. The molecular formula is C8H17Cs. The smallest absolute Gasteiger partial charge is 0.320 e. The summed E-state index contributed by atoms with van der Waals surface area (Å²) in [6, 6.07) is 0. The van der Waals surface area contributed by atoms with Gasteiger partial charge in [0.05, 0.1) is 0 Å². The molecule has 0 spiro atoms. The van der Waals surface area contributed by atoms with Crippen LogP contribution in [0.15, 0.2) is 0 Å². The van der Waals surface area contributed by atoms with Crippen LogP contribution in [-0.4, -0.2) is 0 Å². The van der Waals surface area contributed by atoms with Crippen molar-refractivity contribution in [3.8, 4) is 0 Å². The van der Waals surface area contributed by atoms with E-state index in [1.807, 2.05) is 0 Å². The van der Waals surface area contributed by atoms with Gasteiger partial charge in [0, 0.05) is 0 Å². The first-order chi connectivity index (χ1) is 3.77. The van der Waals surface area contributed by atoms with Crippen LogP contribution in [-0.2, 0) is 0 Å². The molecule has 0 unspecified atom stereocenters. The summed E-state index contributed by atoms with van der Waals surface area (Å²) in [4.78, 5) is 0. The number of hydrogen-bond acceptors (Lipinski definition) is 0. The van der Waals surface area contributed by atoms with Crippen molar-refractivity contribution in [3.63, 3.8) is 0 Å². The van der Waals surface area contributed by atoms with E-state index in [4.69, 9.17) is 0 Å². The van der Waals surface area contributed by atoms with Gasteiger partial charge in [-0.15, -0.1) is 0 Å². The first kappa shape index (κ1) is 13.6. The molecule has 0 aromatic heterocycles. The molecule has 0 radical (unpaired) electrons. The molecule has 0 bridgehead atoms. The summed E-state index contributed by atoms with van der Waals surface area (Å²) in [5, 5.41) is 0. The van der Waals surface area contributed by atoms with Crippen molar-refractivity contribution in [2.45, 2.75) is 46.5 Å². The van der Waals surface area contributed by atoms with E-state index in [9.17, 15) is 0 Å². The third-order valence-corrected chi connectivity index (χ3v) is 1.28. The fourth-order valence-corrected chi connectivity index (χ4v) is 0.729. The topological polar surface area (TPSA) is 0 Å². The second-order valence-corrected chi connectivity index (χ2v) is 2.66. The molecule has 0 rings (SSSR count). The quantitative estimate of drug-likeness (QED) is 0.490. The first-order valence-corrected chi connectivity index (χ1v) is 3.56. The Bertz CT molecular complexity index is 41.8. The number of unbranched alkanes of at least 4 members (excludes halogenated alkanes) is 2. The Balaban J connectivity index is 0. The molecule has 9 heavy (non-hydrogen) atoms. The molecule has 0 amide bonds. The van der Waals surface area contributed by atoms with Gasteiger partial charge < -0.3 is 5.92 Å². The third-order valence-electron chi connectivity index (χ3n) is 1.28. The Morgan fingerprint density at radius 1 is 1.11 bits per heavy atom. The molecule has 0 saturated heterocycles. The van der Waals surface area contributed by atoms with E-state index in [0.29, 0.717) is 0 Å². The van der Waals surface area contributed by atoms with Crippen LogP contribution in [0.25, 0.3) is 0 Å². The van der Waals surface area contributed by atoms with E-state index in [0.717, 1.165) is 0 Å². The van der Waals surface area contributed by atoms with Crippen LogP contribution >= 0.6 is 0 Å². The molecule has 0 fully saturated rings. The van der Waals surface area contributed by atoms with Crippen molar-refractivity contribution in [3.05, 3.63) is 5.92 Å². The molecule has 0 aromatic rings. The Morgan fingerprint density at radius 2 is 1.67 bits per heavy atom. The molecule has 1 heteroatoms. The molecule has 50 valence electrons. The van der Waals surface area contributed by atoms with Gasteiger partial charge in [-0.2, -0.15) is 20.3 Å². The molecule has 0 aliphatic carbocycles. The predicted molar refractivity (Wildman–Crippen MR) is 38.7 cm³/mol. The fourth-order valence-electron chi connectivity index (χ4n) is 0.729. The minimum Gasteiger partial charge on any atom is -0.320 e. The largest absolute Gasteiger partial charge is 1.00 e. The van der Waals surface area contributed by atoms with Gasteiger partial charge in [-0.3, -0.25) is 0 Å². The van der Waals surface area contributed by atoms with Crippen molar-refractivity contribution in [2.24, 2.45) is 0 Å². The van der Waals surface area contributed by atoms with Crippen molar-refractivity contribution in [2.75, 3.05) is 0 Å². The zero-order chi connectivity index (χ0) is 6.41. The maximum Gasteiger partial charge on any atom is 1.00 e. The molecular weight excluding hydrogens is 229 g/mol. The van der Waals surface area contributed by atoms with E-state index in [2.05, 4.69) is 20.8 Å². The van der Waals surface area contributed by atoms with E-state index >= 15 is 0 Å². The standard InChI is InChI=1S/C8H17.Cs/c1-4-5-6-7-8(2)3;/h4-7H2,1-3H3;/q-1;+1. The van der Waals surface area contributed by atoms with Crippen LogP contribution in [0.3, 0.4) is 0 Å². The summed E-state index contributed by atoms with van der Waals surface area (Å²) in [5.41, 5.74) is 0. The van der Waals surface area contributed by atoms with Crippen molar-refractivity contribution in [1.82, 2.24) is 0 Å². The minimum atomic E-state index is 0. The van der Waals surface area contributed by atoms with Gasteiger partial charge in [0.1, 0.15) is 0 Å². The number of hydrogen-bond donors (Lipinski definition) is 0. The average Bonchev–Trinajstić information content (AvgIpc) is 1.66. The van der Waals surface area contributed by atoms with Gasteiger partial charge in [0.25, 0.3) is 0 Å². The van der Waals surface area contributed by atoms with Gasteiger partial charge in [-0.25, -0.2) is 0 Å². The summed E-state index contributed by atoms with van der Waals surface area (Å²) < 4.78 is 0. The summed E-state index contributed by atoms with van der Waals surface area (Å²) in [6.45, 7) is 6.65. The Morgan fingerprint density at radius 3 is 2.00 bits per heavy atom. The first-order valence-electron chi connectivity index (χ1n) is 3.56. The van der Waals surface area contributed by atoms with Crippen LogP contribution in [0.1, 0.15) is 46.5 Å². The summed E-state index contributed by atoms with van der Waals surface area (Å²) in [7, 11) is 0. The second-order valence-electron chi connectivity index (χ2n) is 2.66. The van der Waals surface area contributed by atoms with Crippen molar-refractivity contribution < 1.29 is 68.9 Å².